The summed E-state index contributed by atoms with van der Waals surface area (Å²) in [5.74, 6) is 3.38. The highest BCUT2D eigenvalue weighted by Crippen LogP contribution is 2.35. The molecule has 0 spiro atoms. The lowest BCUT2D eigenvalue weighted by molar-refractivity contribution is 0.156. The summed E-state index contributed by atoms with van der Waals surface area (Å²) in [5, 5.41) is 5.85. The molecule has 0 radical (unpaired) electrons. The minimum atomic E-state index is -0.783. The lowest BCUT2D eigenvalue weighted by atomic mass is 10.1. The third-order valence-electron chi connectivity index (χ3n) is 4.24. The van der Waals surface area contributed by atoms with Gasteiger partial charge < -0.3 is 9.64 Å². The number of pyridine rings is 1. The fraction of sp³-hybridized carbons (Fsp3) is 0.182. The minimum Gasteiger partial charge on any atom is -0.448 e. The number of amides is 3. The van der Waals surface area contributed by atoms with E-state index in [0.29, 0.717) is 15.7 Å². The molecular formula is C22H21ClN6O3S. The van der Waals surface area contributed by atoms with Gasteiger partial charge in [0.25, 0.3) is 0 Å². The number of hydrazine groups is 1. The molecule has 2 N–H and O–H groups in total. The highest BCUT2D eigenvalue weighted by atomic mass is 35.5. The van der Waals surface area contributed by atoms with E-state index < -0.39 is 12.1 Å². The van der Waals surface area contributed by atoms with E-state index in [0.717, 1.165) is 22.0 Å². The van der Waals surface area contributed by atoms with Gasteiger partial charge in [-0.2, -0.15) is 5.01 Å². The van der Waals surface area contributed by atoms with Crippen LogP contribution in [-0.4, -0.2) is 42.8 Å². The molecule has 0 aliphatic rings. The van der Waals surface area contributed by atoms with E-state index in [1.807, 2.05) is 31.1 Å². The second-order valence-corrected chi connectivity index (χ2v) is 7.98. The van der Waals surface area contributed by atoms with Crippen LogP contribution < -0.4 is 20.7 Å². The number of hydrogen-bond donors (Lipinski definition) is 2. The molecule has 0 unspecified atom stereocenters. The monoisotopic (exact) mass is 484 g/mol. The molecule has 2 heterocycles. The quantitative estimate of drug-likeness (QED) is 0.405. The van der Waals surface area contributed by atoms with Crippen molar-refractivity contribution in [2.75, 3.05) is 35.9 Å². The van der Waals surface area contributed by atoms with Crippen molar-refractivity contribution in [3.05, 3.63) is 51.9 Å². The zero-order valence-electron chi connectivity index (χ0n) is 18.1. The van der Waals surface area contributed by atoms with Crippen LogP contribution in [0.15, 0.2) is 41.9 Å². The number of thiazole rings is 1. The van der Waals surface area contributed by atoms with Gasteiger partial charge in [-0.3, -0.25) is 5.32 Å². The lowest BCUT2D eigenvalue weighted by Gasteiger charge is -2.23. The first-order valence-corrected chi connectivity index (χ1v) is 11.0. The summed E-state index contributed by atoms with van der Waals surface area (Å²) in [5.41, 5.74) is 4.29. The number of carbonyl (C=O) groups is 2. The van der Waals surface area contributed by atoms with Crippen LogP contribution in [0.1, 0.15) is 11.9 Å². The number of aromatic nitrogens is 2. The smallest absolute Gasteiger partial charge is 0.433 e. The Morgan fingerprint density at radius 1 is 1.27 bits per heavy atom. The van der Waals surface area contributed by atoms with Crippen LogP contribution in [0.2, 0.25) is 5.02 Å². The molecule has 33 heavy (non-hydrogen) atoms. The summed E-state index contributed by atoms with van der Waals surface area (Å²) in [6, 6.07) is 7.94. The Morgan fingerprint density at radius 2 is 2.06 bits per heavy atom. The van der Waals surface area contributed by atoms with Crippen molar-refractivity contribution in [1.29, 1.82) is 0 Å². The second-order valence-electron chi connectivity index (χ2n) is 6.72. The Labute approximate surface area is 200 Å². The molecule has 0 saturated carbocycles. The van der Waals surface area contributed by atoms with Gasteiger partial charge in [0.1, 0.15) is 11.6 Å². The Balaban J connectivity index is 1.88. The number of terminal acetylenes is 1. The zero-order chi connectivity index (χ0) is 24.0. The van der Waals surface area contributed by atoms with Crippen molar-refractivity contribution in [2.45, 2.75) is 6.92 Å². The van der Waals surface area contributed by atoms with Crippen molar-refractivity contribution in [3.8, 4) is 23.5 Å². The van der Waals surface area contributed by atoms with Gasteiger partial charge in [0, 0.05) is 36.8 Å². The van der Waals surface area contributed by atoms with Crippen LogP contribution in [-0.2, 0) is 4.74 Å². The van der Waals surface area contributed by atoms with Crippen molar-refractivity contribution in [3.63, 3.8) is 0 Å². The number of hydrogen-bond acceptors (Lipinski definition) is 7. The molecule has 1 aromatic carbocycles. The maximum absolute atomic E-state index is 12.6. The van der Waals surface area contributed by atoms with Crippen molar-refractivity contribution < 1.29 is 14.3 Å². The number of nitrogens with zero attached hydrogens (tertiary/aromatic N) is 4. The summed E-state index contributed by atoms with van der Waals surface area (Å²) in [4.78, 5) is 35.4. The van der Waals surface area contributed by atoms with Crippen LogP contribution in [0.25, 0.3) is 11.1 Å². The number of halogens is 1. The standard InChI is InChI=1S/C22H21ClN6O3S/c1-5-19-25-18(13-33-19)26-21(30)27-29(22(31)32-6-2)14-9-10-15(17(23)12-14)16-8-7-11-24-20(16)28(3)4/h1,7-13H,6H2,2-4H3,(H2,26,27,30). The van der Waals surface area contributed by atoms with E-state index in [4.69, 9.17) is 22.8 Å². The predicted molar refractivity (Wildman–Crippen MR) is 131 cm³/mol. The molecule has 0 bridgehead atoms. The van der Waals surface area contributed by atoms with Crippen molar-refractivity contribution >= 4 is 52.4 Å². The molecule has 170 valence electrons. The van der Waals surface area contributed by atoms with Crippen molar-refractivity contribution in [1.82, 2.24) is 15.4 Å². The Bertz CT molecular complexity index is 1210. The normalized spacial score (nSPS) is 10.2. The van der Waals surface area contributed by atoms with E-state index in [1.54, 1.807) is 36.7 Å². The van der Waals surface area contributed by atoms with Crippen LogP contribution in [0, 0.1) is 12.3 Å². The number of nitrogens with one attached hydrogen (secondary N) is 2. The Kier molecular flexibility index (Phi) is 7.71. The van der Waals surface area contributed by atoms with Crippen LogP contribution >= 0.6 is 22.9 Å². The van der Waals surface area contributed by atoms with Crippen LogP contribution in [0.4, 0.5) is 26.9 Å². The fourth-order valence-electron chi connectivity index (χ4n) is 2.87. The third-order valence-corrected chi connectivity index (χ3v) is 5.33. The fourth-order valence-corrected chi connectivity index (χ4v) is 3.70. The summed E-state index contributed by atoms with van der Waals surface area (Å²) in [7, 11) is 3.77. The first-order chi connectivity index (χ1) is 15.8. The lowest BCUT2D eigenvalue weighted by Crippen LogP contribution is -2.48. The molecule has 9 nitrogen and oxygen atoms in total. The van der Waals surface area contributed by atoms with E-state index in [1.165, 1.54) is 11.3 Å². The van der Waals surface area contributed by atoms with E-state index >= 15 is 0 Å². The first-order valence-electron chi connectivity index (χ1n) is 9.73. The SMILES string of the molecule is C#Cc1nc(NC(=O)NN(C(=O)OCC)c2ccc(-c3cccnc3N(C)C)c(Cl)c2)cs1. The summed E-state index contributed by atoms with van der Waals surface area (Å²) >= 11 is 7.78. The summed E-state index contributed by atoms with van der Waals surface area (Å²) in [6.45, 7) is 1.78. The van der Waals surface area contributed by atoms with E-state index in [2.05, 4.69) is 26.6 Å². The molecule has 0 saturated heterocycles. The van der Waals surface area contributed by atoms with Gasteiger partial charge >= 0.3 is 12.1 Å². The molecule has 3 aromatic rings. The zero-order valence-corrected chi connectivity index (χ0v) is 19.7. The maximum Gasteiger partial charge on any atom is 0.433 e. The number of anilines is 3. The molecule has 0 fully saturated rings. The molecule has 3 rings (SSSR count). The van der Waals surface area contributed by atoms with Gasteiger partial charge in [-0.1, -0.05) is 17.7 Å². The molecule has 0 atom stereocenters. The van der Waals surface area contributed by atoms with Crippen LogP contribution in [0.5, 0.6) is 0 Å². The number of rotatable bonds is 5. The van der Waals surface area contributed by atoms with Gasteiger partial charge in [0.15, 0.2) is 5.01 Å². The second kappa shape index (κ2) is 10.7. The minimum absolute atomic E-state index is 0.115. The highest BCUT2D eigenvalue weighted by Gasteiger charge is 2.22. The van der Waals surface area contributed by atoms with Gasteiger partial charge in [0.2, 0.25) is 0 Å². The Hall–Kier alpha value is -3.81. The average molecular weight is 485 g/mol. The molecule has 3 amide bonds. The average Bonchev–Trinajstić information content (AvgIpc) is 3.25. The Morgan fingerprint density at radius 3 is 2.70 bits per heavy atom. The third kappa shape index (κ3) is 5.71. The van der Waals surface area contributed by atoms with Crippen molar-refractivity contribution in [2.24, 2.45) is 0 Å². The highest BCUT2D eigenvalue weighted by molar-refractivity contribution is 7.10. The van der Waals surface area contributed by atoms with Gasteiger partial charge in [0.05, 0.1) is 17.3 Å². The van der Waals surface area contributed by atoms with E-state index in [-0.39, 0.29) is 12.4 Å². The number of urea groups is 1. The topological polar surface area (TPSA) is 99.7 Å². The predicted octanol–water partition coefficient (Wildman–Crippen LogP) is 4.61. The van der Waals surface area contributed by atoms with Gasteiger partial charge in [-0.05, 0) is 37.1 Å². The molecule has 11 heteroatoms. The molecule has 0 aliphatic heterocycles. The number of benzene rings is 1. The van der Waals surface area contributed by atoms with E-state index in [9.17, 15) is 9.59 Å². The van der Waals surface area contributed by atoms with Crippen LogP contribution in [0.3, 0.4) is 0 Å². The number of carbonyl (C=O) groups excluding carboxylic acids is 2. The van der Waals surface area contributed by atoms with Gasteiger partial charge in [-0.15, -0.1) is 17.8 Å². The molecule has 0 aliphatic carbocycles. The molecule has 2 aromatic heterocycles. The summed E-state index contributed by atoms with van der Waals surface area (Å²) in [6.07, 6.45) is 6.21. The molecular weight excluding hydrogens is 464 g/mol. The largest absolute Gasteiger partial charge is 0.448 e. The summed E-state index contributed by atoms with van der Waals surface area (Å²) < 4.78 is 5.08. The number of ether oxygens (including phenoxy) is 1. The first kappa shape index (κ1) is 23.8. The maximum atomic E-state index is 12.6. The van der Waals surface area contributed by atoms with Gasteiger partial charge in [-0.25, -0.2) is 25.0 Å².